The highest BCUT2D eigenvalue weighted by Crippen LogP contribution is 2.38. The van der Waals surface area contributed by atoms with Gasteiger partial charge in [0, 0.05) is 5.69 Å². The SMILES string of the molecule is Nc1ccc(Nc2c(Cl)cc(Cl)c3nsnc23)c(Cl)c1. The largest absolute Gasteiger partial charge is 0.399 e. The smallest absolute Gasteiger partial charge is 0.131 e. The Labute approximate surface area is 133 Å². The summed E-state index contributed by atoms with van der Waals surface area (Å²) >= 11 is 19.5. The maximum Gasteiger partial charge on any atom is 0.131 e. The van der Waals surface area contributed by atoms with Crippen LogP contribution >= 0.6 is 46.5 Å². The van der Waals surface area contributed by atoms with Crippen LogP contribution in [0.4, 0.5) is 17.1 Å². The summed E-state index contributed by atoms with van der Waals surface area (Å²) in [6, 6.07) is 6.80. The molecule has 0 amide bonds. The topological polar surface area (TPSA) is 63.8 Å². The van der Waals surface area contributed by atoms with Gasteiger partial charge in [0.05, 0.1) is 38.2 Å². The van der Waals surface area contributed by atoms with E-state index in [9.17, 15) is 0 Å². The Morgan fingerprint density at radius 3 is 2.45 bits per heavy atom. The number of nitrogen functional groups attached to an aromatic ring is 1. The van der Waals surface area contributed by atoms with Crippen LogP contribution in [-0.2, 0) is 0 Å². The normalized spacial score (nSPS) is 10.9. The highest BCUT2D eigenvalue weighted by molar-refractivity contribution is 7.00. The number of hydrogen-bond acceptors (Lipinski definition) is 5. The quantitative estimate of drug-likeness (QED) is 0.643. The van der Waals surface area contributed by atoms with Gasteiger partial charge in [0.15, 0.2) is 0 Å². The van der Waals surface area contributed by atoms with Crippen molar-refractivity contribution >= 4 is 74.6 Å². The van der Waals surface area contributed by atoms with Crippen LogP contribution in [0.15, 0.2) is 24.3 Å². The maximum absolute atomic E-state index is 6.22. The summed E-state index contributed by atoms with van der Waals surface area (Å²) in [5.41, 5.74) is 8.77. The van der Waals surface area contributed by atoms with E-state index in [1.54, 1.807) is 24.3 Å². The molecule has 2 aromatic carbocycles. The zero-order valence-electron chi connectivity index (χ0n) is 9.82. The van der Waals surface area contributed by atoms with Crippen molar-refractivity contribution in [3.63, 3.8) is 0 Å². The summed E-state index contributed by atoms with van der Waals surface area (Å²) in [6.45, 7) is 0. The minimum absolute atomic E-state index is 0.447. The third kappa shape index (κ3) is 2.38. The van der Waals surface area contributed by atoms with Gasteiger partial charge in [-0.3, -0.25) is 0 Å². The lowest BCUT2D eigenvalue weighted by Crippen LogP contribution is -1.95. The van der Waals surface area contributed by atoms with Crippen molar-refractivity contribution in [1.29, 1.82) is 0 Å². The van der Waals surface area contributed by atoms with Gasteiger partial charge in [0.25, 0.3) is 0 Å². The van der Waals surface area contributed by atoms with Crippen LogP contribution in [0.3, 0.4) is 0 Å². The van der Waals surface area contributed by atoms with E-state index >= 15 is 0 Å². The molecule has 1 heterocycles. The molecule has 0 radical (unpaired) electrons. The molecule has 0 bridgehead atoms. The van der Waals surface area contributed by atoms with Crippen LogP contribution in [0.5, 0.6) is 0 Å². The van der Waals surface area contributed by atoms with Crippen molar-refractivity contribution in [2.45, 2.75) is 0 Å². The Kier molecular flexibility index (Phi) is 3.60. The molecule has 3 rings (SSSR count). The fourth-order valence-corrected chi connectivity index (χ4v) is 3.16. The predicted octanol–water partition coefficient (Wildman–Crippen LogP) is 4.98. The summed E-state index contributed by atoms with van der Waals surface area (Å²) in [6.07, 6.45) is 0. The second-order valence-corrected chi connectivity index (χ2v) is 5.79. The van der Waals surface area contributed by atoms with Crippen LogP contribution in [0.1, 0.15) is 0 Å². The van der Waals surface area contributed by atoms with Crippen molar-refractivity contribution in [2.24, 2.45) is 0 Å². The van der Waals surface area contributed by atoms with E-state index in [1.807, 2.05) is 0 Å². The van der Waals surface area contributed by atoms with Crippen LogP contribution in [0.25, 0.3) is 11.0 Å². The second-order valence-electron chi connectivity index (χ2n) is 4.04. The lowest BCUT2D eigenvalue weighted by atomic mass is 10.2. The van der Waals surface area contributed by atoms with Crippen molar-refractivity contribution in [1.82, 2.24) is 8.75 Å². The first-order chi connectivity index (χ1) is 9.56. The zero-order chi connectivity index (χ0) is 14.3. The van der Waals surface area contributed by atoms with Crippen LogP contribution in [0.2, 0.25) is 15.1 Å². The monoisotopic (exact) mass is 344 g/mol. The van der Waals surface area contributed by atoms with Gasteiger partial charge in [-0.15, -0.1) is 0 Å². The number of nitrogens with one attached hydrogen (secondary N) is 1. The average Bonchev–Trinajstić information content (AvgIpc) is 2.86. The van der Waals surface area contributed by atoms with Crippen LogP contribution < -0.4 is 11.1 Å². The van der Waals surface area contributed by atoms with Gasteiger partial charge >= 0.3 is 0 Å². The second kappa shape index (κ2) is 5.26. The Morgan fingerprint density at radius 1 is 0.950 bits per heavy atom. The number of anilines is 3. The predicted molar refractivity (Wildman–Crippen MR) is 86.6 cm³/mol. The Balaban J connectivity index is 2.13. The van der Waals surface area contributed by atoms with E-state index in [-0.39, 0.29) is 0 Å². The van der Waals surface area contributed by atoms with Gasteiger partial charge in [-0.2, -0.15) is 8.75 Å². The average molecular weight is 346 g/mol. The molecule has 0 saturated carbocycles. The van der Waals surface area contributed by atoms with E-state index in [2.05, 4.69) is 14.1 Å². The molecular formula is C12H7Cl3N4S. The summed E-state index contributed by atoms with van der Waals surface area (Å²) < 4.78 is 8.36. The van der Waals surface area contributed by atoms with Crippen molar-refractivity contribution < 1.29 is 0 Å². The first-order valence-electron chi connectivity index (χ1n) is 5.48. The third-order valence-electron chi connectivity index (χ3n) is 2.70. The molecular weight excluding hydrogens is 339 g/mol. The first kappa shape index (κ1) is 13.7. The fraction of sp³-hybridized carbons (Fsp3) is 0. The molecule has 0 atom stereocenters. The molecule has 3 aromatic rings. The lowest BCUT2D eigenvalue weighted by molar-refractivity contribution is 1.54. The van der Waals surface area contributed by atoms with E-state index in [0.29, 0.717) is 43.2 Å². The van der Waals surface area contributed by atoms with Crippen molar-refractivity contribution in [3.8, 4) is 0 Å². The van der Waals surface area contributed by atoms with Gasteiger partial charge in [0.1, 0.15) is 11.0 Å². The molecule has 0 aliphatic carbocycles. The van der Waals surface area contributed by atoms with Crippen LogP contribution in [0, 0.1) is 0 Å². The molecule has 0 saturated heterocycles. The number of nitrogens with two attached hydrogens (primary N) is 1. The Hall–Kier alpha value is -1.27. The zero-order valence-corrected chi connectivity index (χ0v) is 12.9. The number of halogens is 3. The Bertz CT molecular complexity index is 803. The molecule has 0 fully saturated rings. The van der Waals surface area contributed by atoms with Gasteiger partial charge in [-0.25, -0.2) is 0 Å². The maximum atomic E-state index is 6.22. The number of benzene rings is 2. The molecule has 4 nitrogen and oxygen atoms in total. The van der Waals surface area contributed by atoms with Gasteiger partial charge < -0.3 is 11.1 Å². The van der Waals surface area contributed by atoms with Crippen molar-refractivity contribution in [2.75, 3.05) is 11.1 Å². The van der Waals surface area contributed by atoms with Gasteiger partial charge in [-0.05, 0) is 24.3 Å². The Morgan fingerprint density at radius 2 is 1.70 bits per heavy atom. The molecule has 1 aromatic heterocycles. The number of fused-ring (bicyclic) bond motifs is 1. The highest BCUT2D eigenvalue weighted by atomic mass is 35.5. The molecule has 8 heteroatoms. The molecule has 0 aliphatic rings. The minimum Gasteiger partial charge on any atom is -0.399 e. The fourth-order valence-electron chi connectivity index (χ4n) is 1.76. The summed E-state index contributed by atoms with van der Waals surface area (Å²) in [5, 5.41) is 4.56. The van der Waals surface area contributed by atoms with E-state index in [0.717, 1.165) is 11.7 Å². The van der Waals surface area contributed by atoms with Gasteiger partial charge in [-0.1, -0.05) is 34.8 Å². The van der Waals surface area contributed by atoms with Gasteiger partial charge in [0.2, 0.25) is 0 Å². The van der Waals surface area contributed by atoms with Crippen LogP contribution in [-0.4, -0.2) is 8.75 Å². The highest BCUT2D eigenvalue weighted by Gasteiger charge is 2.15. The molecule has 102 valence electrons. The molecule has 0 aliphatic heterocycles. The molecule has 20 heavy (non-hydrogen) atoms. The number of nitrogens with zero attached hydrogens (tertiary/aromatic N) is 2. The summed E-state index contributed by atoms with van der Waals surface area (Å²) in [4.78, 5) is 0. The minimum atomic E-state index is 0.447. The summed E-state index contributed by atoms with van der Waals surface area (Å²) in [7, 11) is 0. The molecule has 0 unspecified atom stereocenters. The summed E-state index contributed by atoms with van der Waals surface area (Å²) in [5.74, 6) is 0. The molecule has 0 spiro atoms. The van der Waals surface area contributed by atoms with E-state index in [1.165, 1.54) is 0 Å². The standard InChI is InChI=1S/C12H7Cl3N4S/c13-6-3-5(16)1-2-9(6)17-10-7(14)4-8(15)11-12(10)19-20-18-11/h1-4,17H,16H2. The van der Waals surface area contributed by atoms with Crippen molar-refractivity contribution in [3.05, 3.63) is 39.3 Å². The first-order valence-corrected chi connectivity index (χ1v) is 7.35. The number of aromatic nitrogens is 2. The third-order valence-corrected chi connectivity index (χ3v) is 4.12. The lowest BCUT2D eigenvalue weighted by Gasteiger charge is -2.11. The van der Waals surface area contributed by atoms with E-state index in [4.69, 9.17) is 40.5 Å². The number of hydrogen-bond donors (Lipinski definition) is 2. The van der Waals surface area contributed by atoms with E-state index < -0.39 is 0 Å². The molecule has 3 N–H and O–H groups in total. The number of rotatable bonds is 2.